The molecule has 11 aromatic rings. The zero-order valence-electron chi connectivity index (χ0n) is 35.8. The molecule has 0 spiro atoms. The predicted molar refractivity (Wildman–Crippen MR) is 250 cm³/mol. The van der Waals surface area contributed by atoms with E-state index >= 15 is 13.2 Å². The largest absolute Gasteiger partial charge is 0.416 e. The van der Waals surface area contributed by atoms with E-state index in [9.17, 15) is 31.6 Å². The monoisotopic (exact) mass is 944 g/mol. The number of aromatic nitrogens is 5. The number of hydrogen-bond donors (Lipinski definition) is 0. The third-order valence-electron chi connectivity index (χ3n) is 12.3. The molecule has 6 nitrogen and oxygen atoms in total. The Balaban J connectivity index is 1.27. The van der Waals surface area contributed by atoms with Gasteiger partial charge in [-0.3, -0.25) is 0 Å². The highest BCUT2D eigenvalue weighted by atomic mass is 19.4. The average molecular weight is 945 g/mol. The van der Waals surface area contributed by atoms with Crippen molar-refractivity contribution in [3.63, 3.8) is 0 Å². The maximum atomic E-state index is 15.1. The minimum Gasteiger partial charge on any atom is -0.309 e. The second-order valence-electron chi connectivity index (χ2n) is 16.5. The molecule has 15 heteroatoms. The minimum atomic E-state index is -4.90. The van der Waals surface area contributed by atoms with Crippen LogP contribution in [0.4, 0.5) is 39.5 Å². The third kappa shape index (κ3) is 7.54. The van der Waals surface area contributed by atoms with Crippen LogP contribution in [0, 0.1) is 11.3 Å². The van der Waals surface area contributed by atoms with Crippen LogP contribution >= 0.6 is 0 Å². The van der Waals surface area contributed by atoms with Gasteiger partial charge in [-0.1, -0.05) is 78.9 Å². The second-order valence-corrected chi connectivity index (χ2v) is 16.5. The lowest BCUT2D eigenvalue weighted by Crippen LogP contribution is -2.08. The first-order chi connectivity index (χ1) is 33.5. The lowest BCUT2D eigenvalue weighted by atomic mass is 9.94. The van der Waals surface area contributed by atoms with E-state index < -0.39 is 35.2 Å². The summed E-state index contributed by atoms with van der Waals surface area (Å²) in [5, 5.41) is 10.9. The Morgan fingerprint density at radius 1 is 0.371 bits per heavy atom. The number of nitriles is 1. The van der Waals surface area contributed by atoms with E-state index in [-0.39, 0.29) is 72.6 Å². The van der Waals surface area contributed by atoms with E-state index in [1.807, 2.05) is 18.2 Å². The van der Waals surface area contributed by atoms with Crippen LogP contribution in [0.5, 0.6) is 0 Å². The maximum absolute atomic E-state index is 15.1. The molecule has 0 atom stereocenters. The van der Waals surface area contributed by atoms with Crippen LogP contribution in [0.1, 0.15) is 22.3 Å². The van der Waals surface area contributed by atoms with Crippen LogP contribution in [-0.4, -0.2) is 24.1 Å². The Labute approximate surface area is 390 Å². The molecule has 0 radical (unpaired) electrons. The molecule has 0 aliphatic rings. The fraction of sp³-hybridized carbons (Fsp3) is 0.0545. The van der Waals surface area contributed by atoms with E-state index in [1.165, 1.54) is 36.4 Å². The summed E-state index contributed by atoms with van der Waals surface area (Å²) < 4.78 is 134. The van der Waals surface area contributed by atoms with E-state index in [1.54, 1.807) is 100 Å². The molecule has 0 aliphatic carbocycles. The summed E-state index contributed by atoms with van der Waals surface area (Å²) in [5.41, 5.74) is 0.493. The quantitative estimate of drug-likeness (QED) is 0.156. The topological polar surface area (TPSA) is 72.3 Å². The number of halogens is 9. The smallest absolute Gasteiger partial charge is 0.309 e. The normalized spacial score (nSPS) is 12.3. The Morgan fingerprint density at radius 3 is 1.43 bits per heavy atom. The lowest BCUT2D eigenvalue weighted by molar-refractivity contribution is -0.138. The average Bonchev–Trinajstić information content (AvgIpc) is 3.87. The SMILES string of the molecule is N#Cc1ccc2c(c1)c1cc(C(F)(F)F)ccc1n2-c1ccc(C(F)(F)F)cc1-c1cc(-n2c3ccccc3c3cc(C(F)(F)F)ccc32)ccc1-c1nc(-c2ccccc2)nc(-c2ccccc2)n1. The molecule has 11 rings (SSSR count). The van der Waals surface area contributed by atoms with Crippen LogP contribution in [0.25, 0.3) is 100 Å². The zero-order valence-corrected chi connectivity index (χ0v) is 35.8. The molecule has 0 N–H and O–H groups in total. The standard InChI is InChI=1S/C55H29F9N6/c56-53(57,58)34-16-22-46-42(26-34)38-13-7-8-14-45(38)69(46)37-19-20-39(52-67-50(32-9-3-1-4-10-32)66-51(68-52)33-11-5-2-6-12-33)40(29-37)43-27-35(54(59,60)61)17-23-48(43)70-47-21-15-31(30-65)25-41(47)44-28-36(55(62,63)64)18-24-49(44)70/h1-29H. The molecule has 0 aliphatic heterocycles. The second kappa shape index (κ2) is 16.2. The van der Waals surface area contributed by atoms with Crippen molar-refractivity contribution in [2.45, 2.75) is 18.5 Å². The van der Waals surface area contributed by atoms with E-state index in [0.717, 1.165) is 36.4 Å². The van der Waals surface area contributed by atoms with Gasteiger partial charge in [0.15, 0.2) is 17.5 Å². The first-order valence-corrected chi connectivity index (χ1v) is 21.4. The van der Waals surface area contributed by atoms with Crippen molar-refractivity contribution in [2.24, 2.45) is 0 Å². The molecule has 8 aromatic carbocycles. The number of para-hydroxylation sites is 1. The molecule has 0 amide bonds. The predicted octanol–water partition coefficient (Wildman–Crippen LogP) is 15.7. The van der Waals surface area contributed by atoms with E-state index in [0.29, 0.717) is 33.2 Å². The molecule has 0 unspecified atom stereocenters. The molecule has 0 saturated heterocycles. The Kier molecular flexibility index (Phi) is 10.1. The summed E-state index contributed by atoms with van der Waals surface area (Å²) in [5.74, 6) is 0.524. The molecule has 0 saturated carbocycles. The number of alkyl halides is 9. The van der Waals surface area contributed by atoms with Crippen molar-refractivity contribution in [3.8, 4) is 62.7 Å². The fourth-order valence-electron chi connectivity index (χ4n) is 9.10. The highest BCUT2D eigenvalue weighted by molar-refractivity contribution is 6.11. The van der Waals surface area contributed by atoms with Gasteiger partial charge in [0.2, 0.25) is 0 Å². The van der Waals surface area contributed by atoms with Crippen molar-refractivity contribution >= 4 is 43.6 Å². The van der Waals surface area contributed by atoms with Crippen molar-refractivity contribution in [2.75, 3.05) is 0 Å². The highest BCUT2D eigenvalue weighted by Crippen LogP contribution is 2.45. The maximum Gasteiger partial charge on any atom is 0.416 e. The summed E-state index contributed by atoms with van der Waals surface area (Å²) in [6.07, 6.45) is -14.3. The summed E-state index contributed by atoms with van der Waals surface area (Å²) >= 11 is 0. The molecule has 70 heavy (non-hydrogen) atoms. The van der Waals surface area contributed by atoms with Crippen molar-refractivity contribution in [1.29, 1.82) is 5.26 Å². The van der Waals surface area contributed by atoms with Gasteiger partial charge in [0.05, 0.1) is 56.1 Å². The summed E-state index contributed by atoms with van der Waals surface area (Å²) in [7, 11) is 0. The van der Waals surface area contributed by atoms with E-state index in [2.05, 4.69) is 0 Å². The summed E-state index contributed by atoms with van der Waals surface area (Å²) in [6, 6.07) is 45.6. The van der Waals surface area contributed by atoms with Gasteiger partial charge in [-0.25, -0.2) is 15.0 Å². The van der Waals surface area contributed by atoms with Gasteiger partial charge < -0.3 is 9.13 Å². The van der Waals surface area contributed by atoms with Gasteiger partial charge >= 0.3 is 18.5 Å². The third-order valence-corrected chi connectivity index (χ3v) is 12.3. The molecule has 3 heterocycles. The first kappa shape index (κ1) is 43.8. The summed E-state index contributed by atoms with van der Waals surface area (Å²) in [4.78, 5) is 14.6. The number of rotatable bonds is 6. The number of benzene rings is 8. The van der Waals surface area contributed by atoms with Gasteiger partial charge in [0.25, 0.3) is 0 Å². The van der Waals surface area contributed by atoms with Gasteiger partial charge in [-0.15, -0.1) is 0 Å². The molecule has 342 valence electrons. The number of hydrogen-bond acceptors (Lipinski definition) is 4. The molecule has 3 aromatic heterocycles. The van der Waals surface area contributed by atoms with Crippen molar-refractivity contribution in [3.05, 3.63) is 198 Å². The van der Waals surface area contributed by atoms with Gasteiger partial charge in [0, 0.05) is 49.5 Å². The van der Waals surface area contributed by atoms with Gasteiger partial charge in [0.1, 0.15) is 0 Å². The van der Waals surface area contributed by atoms with Crippen LogP contribution < -0.4 is 0 Å². The van der Waals surface area contributed by atoms with Crippen LogP contribution in [0.3, 0.4) is 0 Å². The Hall–Kier alpha value is -8.77. The minimum absolute atomic E-state index is 0.0466. The fourth-order valence-corrected chi connectivity index (χ4v) is 9.10. The Bertz CT molecular complexity index is 3860. The lowest BCUT2D eigenvalue weighted by Gasteiger charge is -2.20. The highest BCUT2D eigenvalue weighted by Gasteiger charge is 2.35. The van der Waals surface area contributed by atoms with Gasteiger partial charge in [-0.2, -0.15) is 44.8 Å². The van der Waals surface area contributed by atoms with Crippen LogP contribution in [0.15, 0.2) is 176 Å². The van der Waals surface area contributed by atoms with Crippen LogP contribution in [0.2, 0.25) is 0 Å². The van der Waals surface area contributed by atoms with Crippen molar-refractivity contribution < 1.29 is 39.5 Å². The molecule has 0 bridgehead atoms. The van der Waals surface area contributed by atoms with Crippen LogP contribution in [-0.2, 0) is 18.5 Å². The molecular formula is C55H29F9N6. The van der Waals surface area contributed by atoms with E-state index in [4.69, 9.17) is 15.0 Å². The molecule has 0 fully saturated rings. The summed E-state index contributed by atoms with van der Waals surface area (Å²) in [6.45, 7) is 0. The number of fused-ring (bicyclic) bond motifs is 6. The first-order valence-electron chi connectivity index (χ1n) is 21.4. The Morgan fingerprint density at radius 2 is 0.843 bits per heavy atom. The molecular weight excluding hydrogens is 916 g/mol. The number of nitrogens with zero attached hydrogens (tertiary/aromatic N) is 6. The van der Waals surface area contributed by atoms with Crippen molar-refractivity contribution in [1.82, 2.24) is 24.1 Å². The zero-order chi connectivity index (χ0) is 48.7. The van der Waals surface area contributed by atoms with Gasteiger partial charge in [-0.05, 0) is 103 Å².